The highest BCUT2D eigenvalue weighted by Crippen LogP contribution is 2.62. The molecule has 5 atom stereocenters. The lowest BCUT2D eigenvalue weighted by molar-refractivity contribution is -0.134. The van der Waals surface area contributed by atoms with Crippen molar-refractivity contribution in [2.45, 2.75) is 43.4 Å². The van der Waals surface area contributed by atoms with E-state index in [1.165, 1.54) is 11.1 Å². The number of carbonyl (C=O) groups is 1. The molecule has 2 aliphatic carbocycles. The first-order valence-electron chi connectivity index (χ1n) is 8.64. The van der Waals surface area contributed by atoms with Crippen molar-refractivity contribution in [3.05, 3.63) is 35.4 Å². The van der Waals surface area contributed by atoms with Crippen LogP contribution in [0.15, 0.2) is 24.3 Å². The summed E-state index contributed by atoms with van der Waals surface area (Å²) in [5.74, 6) is 0.211. The Labute approximate surface area is 146 Å². The number of phenols is 1. The number of aliphatic hydroxyl groups is 1. The summed E-state index contributed by atoms with van der Waals surface area (Å²) in [6, 6.07) is 4.13. The second kappa shape index (κ2) is 5.47. The zero-order valence-corrected chi connectivity index (χ0v) is 14.3. The highest BCUT2D eigenvalue weighted by Gasteiger charge is 2.64. The molecule has 0 saturated carbocycles. The van der Waals surface area contributed by atoms with E-state index in [-0.39, 0.29) is 23.2 Å². The Hall–Kier alpha value is -2.05. The SMILES string of the molecule is CC(=O)O.CN1CC[C@]23c4c5ccc(O)c4O[C@H]2C=C[C@H](O)[C@H]3[C@H]1C5. The molecular weight excluding hydrogens is 322 g/mol. The van der Waals surface area contributed by atoms with Gasteiger partial charge in [-0.05, 0) is 44.1 Å². The Morgan fingerprint density at radius 1 is 1.36 bits per heavy atom. The lowest BCUT2D eigenvalue weighted by atomic mass is 9.52. The predicted molar refractivity (Wildman–Crippen MR) is 90.9 cm³/mol. The number of hydrogen-bond acceptors (Lipinski definition) is 5. The monoisotopic (exact) mass is 345 g/mol. The second-order valence-electron chi connectivity index (χ2n) is 7.45. The predicted octanol–water partition coefficient (Wildman–Crippen LogP) is 1.29. The molecule has 2 bridgehead atoms. The average Bonchev–Trinajstić information content (AvgIpc) is 2.88. The van der Waals surface area contributed by atoms with Gasteiger partial charge in [-0.15, -0.1) is 0 Å². The highest BCUT2D eigenvalue weighted by molar-refractivity contribution is 5.63. The van der Waals surface area contributed by atoms with Gasteiger partial charge in [-0.1, -0.05) is 12.1 Å². The van der Waals surface area contributed by atoms with E-state index in [9.17, 15) is 10.2 Å². The number of hydrogen-bond donors (Lipinski definition) is 3. The summed E-state index contributed by atoms with van der Waals surface area (Å²) in [6.45, 7) is 2.09. The van der Waals surface area contributed by atoms with Crippen molar-refractivity contribution in [3.8, 4) is 11.5 Å². The molecule has 0 aromatic heterocycles. The van der Waals surface area contributed by atoms with Crippen molar-refractivity contribution in [1.29, 1.82) is 0 Å². The van der Waals surface area contributed by atoms with Gasteiger partial charge < -0.3 is 25.0 Å². The van der Waals surface area contributed by atoms with Gasteiger partial charge in [0.15, 0.2) is 11.5 Å². The van der Waals surface area contributed by atoms with Crippen LogP contribution in [0.25, 0.3) is 0 Å². The molecule has 6 nitrogen and oxygen atoms in total. The summed E-state index contributed by atoms with van der Waals surface area (Å²) in [5, 5.41) is 28.2. The van der Waals surface area contributed by atoms with E-state index in [1.807, 2.05) is 18.2 Å². The number of aliphatic carboxylic acids is 1. The first kappa shape index (κ1) is 16.4. The second-order valence-corrected chi connectivity index (χ2v) is 7.45. The van der Waals surface area contributed by atoms with Crippen LogP contribution >= 0.6 is 0 Å². The Bertz CT molecular complexity index is 756. The molecule has 1 saturated heterocycles. The summed E-state index contributed by atoms with van der Waals surface area (Å²) < 4.78 is 6.13. The Morgan fingerprint density at radius 2 is 2.08 bits per heavy atom. The molecule has 1 aromatic rings. The van der Waals surface area contributed by atoms with Crippen molar-refractivity contribution in [3.63, 3.8) is 0 Å². The summed E-state index contributed by atoms with van der Waals surface area (Å²) in [4.78, 5) is 11.4. The average molecular weight is 345 g/mol. The summed E-state index contributed by atoms with van der Waals surface area (Å²) >= 11 is 0. The minimum absolute atomic E-state index is 0.0514. The molecule has 5 rings (SSSR count). The van der Waals surface area contributed by atoms with E-state index >= 15 is 0 Å². The fourth-order valence-corrected chi connectivity index (χ4v) is 5.31. The number of likely N-dealkylation sites (N-methyl/N-ethyl adjacent to an activating group) is 1. The minimum atomic E-state index is -0.833. The number of carboxylic acid groups (broad SMARTS) is 1. The van der Waals surface area contributed by atoms with E-state index in [0.29, 0.717) is 11.8 Å². The molecule has 134 valence electrons. The molecule has 3 N–H and O–H groups in total. The number of ether oxygens (including phenoxy) is 1. The largest absolute Gasteiger partial charge is 0.504 e. The van der Waals surface area contributed by atoms with Crippen LogP contribution in [-0.2, 0) is 16.6 Å². The van der Waals surface area contributed by atoms with Crippen LogP contribution in [0.3, 0.4) is 0 Å². The third kappa shape index (κ3) is 2.14. The van der Waals surface area contributed by atoms with E-state index in [4.69, 9.17) is 14.6 Å². The zero-order valence-electron chi connectivity index (χ0n) is 14.3. The van der Waals surface area contributed by atoms with Gasteiger partial charge in [0.25, 0.3) is 5.97 Å². The van der Waals surface area contributed by atoms with Crippen LogP contribution in [0, 0.1) is 5.92 Å². The van der Waals surface area contributed by atoms with Crippen molar-refractivity contribution >= 4 is 5.97 Å². The molecule has 0 amide bonds. The molecule has 0 unspecified atom stereocenters. The van der Waals surface area contributed by atoms with Gasteiger partial charge in [0.05, 0.1) is 6.10 Å². The van der Waals surface area contributed by atoms with Gasteiger partial charge >= 0.3 is 0 Å². The van der Waals surface area contributed by atoms with Crippen LogP contribution in [-0.4, -0.2) is 58.0 Å². The maximum atomic E-state index is 10.6. The number of phenolic OH excluding ortho intramolecular Hbond substituents is 1. The maximum Gasteiger partial charge on any atom is 0.300 e. The molecule has 6 heteroatoms. The number of nitrogens with zero attached hydrogens (tertiary/aromatic N) is 1. The Kier molecular flexibility index (Phi) is 3.60. The normalized spacial score (nSPS) is 36.8. The Balaban J connectivity index is 0.000000358. The molecule has 0 radical (unpaired) electrons. The molecule has 1 fully saturated rings. The van der Waals surface area contributed by atoms with E-state index in [2.05, 4.69) is 11.9 Å². The summed E-state index contributed by atoms with van der Waals surface area (Å²) in [6.07, 6.45) is 5.29. The van der Waals surface area contributed by atoms with Crippen LogP contribution < -0.4 is 4.74 Å². The smallest absolute Gasteiger partial charge is 0.300 e. The number of aromatic hydroxyl groups is 1. The molecule has 1 aromatic carbocycles. The van der Waals surface area contributed by atoms with E-state index in [0.717, 1.165) is 26.3 Å². The standard InChI is InChI=1S/C17H19NO3.C2H4O2/c1-18-7-6-17-13-5-4-11(19)15(17)10(18)8-9-2-3-12(20)16(21-13)14(9)17;1-2(3)4/h2-5,10-11,13,15,19-20H,6-8H2,1H3;1H3,(H,3,4)/t10-,11+,13+,15-,17-;/m1./s1. The minimum Gasteiger partial charge on any atom is -0.504 e. The van der Waals surface area contributed by atoms with Crippen molar-refractivity contribution < 1.29 is 24.9 Å². The molecular formula is C19H23NO5. The summed E-state index contributed by atoms with van der Waals surface area (Å²) in [5.41, 5.74) is 2.29. The van der Waals surface area contributed by atoms with Gasteiger partial charge in [-0.25, -0.2) is 0 Å². The van der Waals surface area contributed by atoms with Gasteiger partial charge in [0.1, 0.15) is 6.10 Å². The number of benzene rings is 1. The lowest BCUT2D eigenvalue weighted by Gasteiger charge is -2.57. The van der Waals surface area contributed by atoms with Crippen molar-refractivity contribution in [1.82, 2.24) is 4.90 Å². The van der Waals surface area contributed by atoms with Gasteiger partial charge in [-0.2, -0.15) is 0 Å². The fraction of sp³-hybridized carbons (Fsp3) is 0.526. The van der Waals surface area contributed by atoms with Gasteiger partial charge in [-0.3, -0.25) is 4.79 Å². The molecule has 2 aliphatic heterocycles. The van der Waals surface area contributed by atoms with Crippen LogP contribution in [0.2, 0.25) is 0 Å². The molecule has 2 heterocycles. The third-order valence-electron chi connectivity index (χ3n) is 6.17. The topological polar surface area (TPSA) is 90.2 Å². The molecule has 1 spiro atoms. The van der Waals surface area contributed by atoms with Crippen LogP contribution in [0.4, 0.5) is 0 Å². The first-order valence-corrected chi connectivity index (χ1v) is 8.64. The van der Waals surface area contributed by atoms with Crippen LogP contribution in [0.5, 0.6) is 11.5 Å². The van der Waals surface area contributed by atoms with Gasteiger partial charge in [0, 0.05) is 29.9 Å². The highest BCUT2D eigenvalue weighted by atomic mass is 16.5. The van der Waals surface area contributed by atoms with E-state index < -0.39 is 12.1 Å². The maximum absolute atomic E-state index is 10.6. The summed E-state index contributed by atoms with van der Waals surface area (Å²) in [7, 11) is 2.15. The lowest BCUT2D eigenvalue weighted by Crippen LogP contribution is -2.65. The number of aliphatic hydroxyl groups excluding tert-OH is 1. The third-order valence-corrected chi connectivity index (χ3v) is 6.17. The van der Waals surface area contributed by atoms with Crippen molar-refractivity contribution in [2.75, 3.05) is 13.6 Å². The quantitative estimate of drug-likeness (QED) is 0.614. The Morgan fingerprint density at radius 3 is 2.80 bits per heavy atom. The molecule has 25 heavy (non-hydrogen) atoms. The van der Waals surface area contributed by atoms with E-state index in [1.54, 1.807) is 6.07 Å². The number of piperidine rings is 1. The zero-order chi connectivity index (χ0) is 17.9. The first-order chi connectivity index (χ1) is 11.9. The van der Waals surface area contributed by atoms with Gasteiger partial charge in [0.2, 0.25) is 0 Å². The van der Waals surface area contributed by atoms with Crippen LogP contribution in [0.1, 0.15) is 24.5 Å². The number of rotatable bonds is 0. The number of likely N-dealkylation sites (tertiary alicyclic amines) is 1. The fourth-order valence-electron chi connectivity index (χ4n) is 5.31. The van der Waals surface area contributed by atoms with Crippen molar-refractivity contribution in [2.24, 2.45) is 5.92 Å². The number of carboxylic acids is 1. The molecule has 4 aliphatic rings.